The lowest BCUT2D eigenvalue weighted by Gasteiger charge is -2.34. The molecule has 0 radical (unpaired) electrons. The van der Waals surface area contributed by atoms with Gasteiger partial charge in [-0.1, -0.05) is 23.7 Å². The molecule has 0 aromatic heterocycles. The van der Waals surface area contributed by atoms with Gasteiger partial charge >= 0.3 is 0 Å². The van der Waals surface area contributed by atoms with Crippen molar-refractivity contribution in [3.05, 3.63) is 34.9 Å². The van der Waals surface area contributed by atoms with Gasteiger partial charge in [0.1, 0.15) is 0 Å². The number of rotatable bonds is 4. The van der Waals surface area contributed by atoms with E-state index in [1.165, 1.54) is 0 Å². The molecule has 1 aromatic rings. The first kappa shape index (κ1) is 16.7. The van der Waals surface area contributed by atoms with Gasteiger partial charge in [0.05, 0.1) is 18.1 Å². The van der Waals surface area contributed by atoms with Crippen molar-refractivity contribution in [3.63, 3.8) is 0 Å². The Hall–Kier alpha value is -1.14. The summed E-state index contributed by atoms with van der Waals surface area (Å²) in [7, 11) is 0. The Kier molecular flexibility index (Phi) is 5.54. The van der Waals surface area contributed by atoms with Crippen LogP contribution in [0.2, 0.25) is 5.02 Å². The lowest BCUT2D eigenvalue weighted by atomic mass is 9.93. The van der Waals surface area contributed by atoms with Gasteiger partial charge in [-0.05, 0) is 37.5 Å². The number of halogens is 1. The zero-order chi connectivity index (χ0) is 16.2. The molecule has 2 fully saturated rings. The zero-order valence-electron chi connectivity index (χ0n) is 13.4. The normalized spacial score (nSPS) is 25.7. The van der Waals surface area contributed by atoms with E-state index in [9.17, 15) is 4.79 Å². The molecule has 2 atom stereocenters. The maximum atomic E-state index is 12.9. The van der Waals surface area contributed by atoms with Gasteiger partial charge in [0, 0.05) is 31.3 Å². The lowest BCUT2D eigenvalue weighted by Crippen LogP contribution is -2.45. The first-order chi connectivity index (χ1) is 11.2. The maximum Gasteiger partial charge on any atom is 0.229 e. The summed E-state index contributed by atoms with van der Waals surface area (Å²) in [5.41, 5.74) is 7.44. The van der Waals surface area contributed by atoms with Crippen molar-refractivity contribution in [3.8, 4) is 0 Å². The minimum Gasteiger partial charge on any atom is -0.378 e. The molecule has 6 heteroatoms. The highest BCUT2D eigenvalue weighted by atomic mass is 35.5. The number of piperidine rings is 1. The van der Waals surface area contributed by atoms with Crippen LogP contribution in [0, 0.1) is 5.92 Å². The Balaban J connectivity index is 1.63. The van der Waals surface area contributed by atoms with Gasteiger partial charge in [-0.25, -0.2) is 5.43 Å². The fourth-order valence-corrected chi connectivity index (χ4v) is 3.55. The van der Waals surface area contributed by atoms with Crippen LogP contribution >= 0.6 is 11.6 Å². The smallest absolute Gasteiger partial charge is 0.229 e. The number of benzene rings is 1. The van der Waals surface area contributed by atoms with E-state index in [1.54, 1.807) is 0 Å². The lowest BCUT2D eigenvalue weighted by molar-refractivity contribution is -0.138. The van der Waals surface area contributed by atoms with Crippen LogP contribution in [0.15, 0.2) is 24.3 Å². The number of likely N-dealkylation sites (tertiary alicyclic amines) is 1. The fourth-order valence-electron chi connectivity index (χ4n) is 3.43. The van der Waals surface area contributed by atoms with E-state index < -0.39 is 0 Å². The Morgan fingerprint density at radius 3 is 2.65 bits per heavy atom. The van der Waals surface area contributed by atoms with Gasteiger partial charge < -0.3 is 9.64 Å². The summed E-state index contributed by atoms with van der Waals surface area (Å²) in [6.07, 6.45) is 2.16. The molecule has 2 aliphatic heterocycles. The molecular weight excluding hydrogens is 314 g/mol. The summed E-state index contributed by atoms with van der Waals surface area (Å²) >= 11 is 5.96. The molecule has 1 amide bonds. The van der Waals surface area contributed by atoms with Gasteiger partial charge in [-0.15, -0.1) is 0 Å². The molecule has 0 saturated carbocycles. The van der Waals surface area contributed by atoms with Gasteiger partial charge in [-0.3, -0.25) is 10.2 Å². The fraction of sp³-hybridized carbons (Fsp3) is 0.588. The monoisotopic (exact) mass is 337 g/mol. The summed E-state index contributed by atoms with van der Waals surface area (Å²) in [6.45, 7) is 4.98. The van der Waals surface area contributed by atoms with Crippen molar-refractivity contribution in [2.45, 2.75) is 31.9 Å². The average Bonchev–Trinajstić information content (AvgIpc) is 3.05. The number of hydrogen-bond acceptors (Lipinski definition) is 4. The van der Waals surface area contributed by atoms with Crippen LogP contribution in [0.5, 0.6) is 0 Å². The molecule has 3 rings (SSSR count). The Bertz CT molecular complexity index is 529. The second-order valence-corrected chi connectivity index (χ2v) is 6.58. The predicted octanol–water partition coefficient (Wildman–Crippen LogP) is 2.13. The number of carbonyl (C=O) groups is 1. The molecule has 0 aliphatic carbocycles. The minimum atomic E-state index is -0.0835. The first-order valence-corrected chi connectivity index (χ1v) is 8.71. The highest BCUT2D eigenvalue weighted by molar-refractivity contribution is 6.30. The number of ether oxygens (including phenoxy) is 1. The van der Waals surface area contributed by atoms with Crippen molar-refractivity contribution in [1.29, 1.82) is 0 Å². The molecule has 2 unspecified atom stereocenters. The first-order valence-electron chi connectivity index (χ1n) is 8.33. The largest absolute Gasteiger partial charge is 0.378 e. The highest BCUT2D eigenvalue weighted by Gasteiger charge is 2.37. The SMILES string of the molecule is CCOC1CCN(C(=O)C2CNNC2c2ccc(Cl)cc2)CC1. The Morgan fingerprint density at radius 2 is 2.00 bits per heavy atom. The average molecular weight is 338 g/mol. The summed E-state index contributed by atoms with van der Waals surface area (Å²) < 4.78 is 5.66. The molecule has 1 aromatic carbocycles. The van der Waals surface area contributed by atoms with Crippen molar-refractivity contribution in [2.24, 2.45) is 5.92 Å². The second kappa shape index (κ2) is 7.62. The summed E-state index contributed by atoms with van der Waals surface area (Å²) in [4.78, 5) is 14.9. The molecule has 23 heavy (non-hydrogen) atoms. The van der Waals surface area contributed by atoms with E-state index in [0.717, 1.165) is 38.1 Å². The molecule has 2 aliphatic rings. The van der Waals surface area contributed by atoms with Crippen molar-refractivity contribution in [2.75, 3.05) is 26.2 Å². The summed E-state index contributed by atoms with van der Waals surface area (Å²) in [6, 6.07) is 7.69. The summed E-state index contributed by atoms with van der Waals surface area (Å²) in [5.74, 6) is 0.136. The predicted molar refractivity (Wildman–Crippen MR) is 90.0 cm³/mol. The number of hydrogen-bond donors (Lipinski definition) is 2. The van der Waals surface area contributed by atoms with Crippen LogP contribution in [-0.2, 0) is 9.53 Å². The minimum absolute atomic E-state index is 0.00983. The molecule has 2 heterocycles. The standard InChI is InChI=1S/C17H24ClN3O2/c1-2-23-14-7-9-21(10-8-14)17(22)15-11-19-20-16(15)12-3-5-13(18)6-4-12/h3-6,14-16,19-20H,2,7-11H2,1H3. The Labute approximate surface area is 142 Å². The highest BCUT2D eigenvalue weighted by Crippen LogP contribution is 2.28. The van der Waals surface area contributed by atoms with Crippen LogP contribution in [-0.4, -0.2) is 43.2 Å². The number of nitrogens with one attached hydrogen (secondary N) is 2. The third kappa shape index (κ3) is 3.86. The van der Waals surface area contributed by atoms with Crippen LogP contribution in [0.1, 0.15) is 31.4 Å². The molecule has 2 saturated heterocycles. The van der Waals surface area contributed by atoms with Crippen molar-refractivity contribution < 1.29 is 9.53 Å². The number of hydrazine groups is 1. The van der Waals surface area contributed by atoms with E-state index in [0.29, 0.717) is 17.7 Å². The second-order valence-electron chi connectivity index (χ2n) is 6.14. The number of nitrogens with zero attached hydrogens (tertiary/aromatic N) is 1. The maximum absolute atomic E-state index is 12.9. The van der Waals surface area contributed by atoms with Crippen LogP contribution in [0.25, 0.3) is 0 Å². The molecule has 2 N–H and O–H groups in total. The van der Waals surface area contributed by atoms with E-state index in [-0.39, 0.29) is 17.9 Å². The van der Waals surface area contributed by atoms with Crippen LogP contribution < -0.4 is 10.9 Å². The zero-order valence-corrected chi connectivity index (χ0v) is 14.2. The quantitative estimate of drug-likeness (QED) is 0.883. The van der Waals surface area contributed by atoms with E-state index in [1.807, 2.05) is 36.1 Å². The third-order valence-corrected chi connectivity index (χ3v) is 4.94. The van der Waals surface area contributed by atoms with Gasteiger partial charge in [0.25, 0.3) is 0 Å². The van der Waals surface area contributed by atoms with Gasteiger partial charge in [0.2, 0.25) is 5.91 Å². The number of amides is 1. The molecule has 0 bridgehead atoms. The topological polar surface area (TPSA) is 53.6 Å². The van der Waals surface area contributed by atoms with E-state index in [4.69, 9.17) is 16.3 Å². The molecule has 126 valence electrons. The number of carbonyl (C=O) groups excluding carboxylic acids is 1. The summed E-state index contributed by atoms with van der Waals surface area (Å²) in [5, 5.41) is 0.709. The third-order valence-electron chi connectivity index (χ3n) is 4.68. The molecule has 0 spiro atoms. The van der Waals surface area contributed by atoms with Gasteiger partial charge in [-0.2, -0.15) is 0 Å². The molecule has 5 nitrogen and oxygen atoms in total. The van der Waals surface area contributed by atoms with E-state index in [2.05, 4.69) is 10.9 Å². The van der Waals surface area contributed by atoms with Crippen molar-refractivity contribution in [1.82, 2.24) is 15.8 Å². The van der Waals surface area contributed by atoms with Crippen LogP contribution in [0.4, 0.5) is 0 Å². The van der Waals surface area contributed by atoms with Crippen molar-refractivity contribution >= 4 is 17.5 Å². The van der Waals surface area contributed by atoms with Gasteiger partial charge in [0.15, 0.2) is 0 Å². The van der Waals surface area contributed by atoms with Crippen LogP contribution in [0.3, 0.4) is 0 Å². The van der Waals surface area contributed by atoms with E-state index >= 15 is 0 Å². The molecular formula is C17H24ClN3O2. The Morgan fingerprint density at radius 1 is 1.30 bits per heavy atom.